The molecule has 0 bridgehead atoms. The van der Waals surface area contributed by atoms with Crippen LogP contribution in [0.5, 0.6) is 0 Å². The lowest BCUT2D eigenvalue weighted by molar-refractivity contribution is -0.346. The van der Waals surface area contributed by atoms with Gasteiger partial charge in [0.15, 0.2) is 12.6 Å². The van der Waals surface area contributed by atoms with E-state index >= 15 is 0 Å². The molecule has 10 atom stereocenters. The molecule has 0 unspecified atom stereocenters. The molecule has 0 amide bonds. The molecule has 2 fully saturated rings. The van der Waals surface area contributed by atoms with Crippen LogP contribution in [-0.4, -0.2) is 86.8 Å². The lowest BCUT2D eigenvalue weighted by Gasteiger charge is -2.47. The van der Waals surface area contributed by atoms with Gasteiger partial charge in [0.1, 0.15) is 48.8 Å². The summed E-state index contributed by atoms with van der Waals surface area (Å²) in [6.07, 6.45) is -8.50. The third-order valence-corrected chi connectivity index (χ3v) is 11.7. The van der Waals surface area contributed by atoms with E-state index in [-0.39, 0.29) is 39.6 Å². The second kappa shape index (κ2) is 25.1. The average molecular weight is 897 g/mol. The van der Waals surface area contributed by atoms with Gasteiger partial charge in [0, 0.05) is 7.11 Å². The normalized spacial score (nSPS) is 25.4. The summed E-state index contributed by atoms with van der Waals surface area (Å²) < 4.78 is 65.9. The molecule has 2 heterocycles. The van der Waals surface area contributed by atoms with Crippen LogP contribution in [0.2, 0.25) is 0 Å². The van der Waals surface area contributed by atoms with E-state index in [1.165, 1.54) is 0 Å². The van der Waals surface area contributed by atoms with E-state index < -0.39 is 61.4 Å². The number of aliphatic hydroxyl groups excluding tert-OH is 1. The highest BCUT2D eigenvalue weighted by molar-refractivity contribution is 5.18. The Balaban J connectivity index is 1.07. The molecule has 6 aromatic rings. The number of ether oxygens (including phenoxy) is 10. The van der Waals surface area contributed by atoms with Crippen LogP contribution in [0.3, 0.4) is 0 Å². The van der Waals surface area contributed by atoms with E-state index in [4.69, 9.17) is 47.4 Å². The predicted molar refractivity (Wildman–Crippen MR) is 247 cm³/mol. The maximum atomic E-state index is 12.3. The minimum absolute atomic E-state index is 0.0732. The van der Waals surface area contributed by atoms with E-state index in [0.717, 1.165) is 33.4 Å². The fraction of sp³-hybridized carbons (Fsp3) is 0.345. The van der Waals surface area contributed by atoms with Crippen LogP contribution in [0.25, 0.3) is 0 Å². The van der Waals surface area contributed by atoms with Gasteiger partial charge in [-0.2, -0.15) is 0 Å². The van der Waals surface area contributed by atoms with Gasteiger partial charge in [-0.1, -0.05) is 182 Å². The van der Waals surface area contributed by atoms with Crippen molar-refractivity contribution < 1.29 is 52.5 Å². The summed E-state index contributed by atoms with van der Waals surface area (Å²) in [5.74, 6) is 0. The molecule has 0 aromatic heterocycles. The molecule has 2 saturated heterocycles. The zero-order valence-electron chi connectivity index (χ0n) is 37.3. The fourth-order valence-corrected chi connectivity index (χ4v) is 8.22. The van der Waals surface area contributed by atoms with Gasteiger partial charge >= 0.3 is 0 Å². The highest BCUT2D eigenvalue weighted by Gasteiger charge is 2.51. The predicted octanol–water partition coefficient (Wildman–Crippen LogP) is 8.60. The lowest BCUT2D eigenvalue weighted by Crippen LogP contribution is -2.63. The number of rotatable bonds is 23. The zero-order valence-corrected chi connectivity index (χ0v) is 37.3. The number of aliphatic hydroxyl groups is 1. The molecule has 8 rings (SSSR count). The molecule has 1 N–H and O–H groups in total. The fourth-order valence-electron chi connectivity index (χ4n) is 8.22. The second-order valence-corrected chi connectivity index (χ2v) is 16.5. The van der Waals surface area contributed by atoms with Crippen LogP contribution in [0, 0.1) is 0 Å². The smallest absolute Gasteiger partial charge is 0.186 e. The monoisotopic (exact) mass is 896 g/mol. The van der Waals surface area contributed by atoms with Crippen molar-refractivity contribution in [1.29, 1.82) is 0 Å². The van der Waals surface area contributed by atoms with Gasteiger partial charge in [0.2, 0.25) is 0 Å². The maximum Gasteiger partial charge on any atom is 0.186 e. The van der Waals surface area contributed by atoms with Crippen molar-refractivity contribution in [2.24, 2.45) is 0 Å². The summed E-state index contributed by atoms with van der Waals surface area (Å²) >= 11 is 0. The van der Waals surface area contributed by atoms with E-state index in [1.807, 2.05) is 182 Å². The molecule has 2 aliphatic heterocycles. The molecule has 0 spiro atoms. The quantitative estimate of drug-likeness (QED) is 0.0668. The first-order chi connectivity index (χ1) is 32.6. The lowest BCUT2D eigenvalue weighted by atomic mass is 9.97. The Morgan fingerprint density at radius 3 is 1.08 bits per heavy atom. The summed E-state index contributed by atoms with van der Waals surface area (Å²) in [5, 5.41) is 12.3. The molecular weight excluding hydrogens is 837 g/mol. The van der Waals surface area contributed by atoms with E-state index in [1.54, 1.807) is 7.11 Å². The highest BCUT2D eigenvalue weighted by atomic mass is 16.7. The van der Waals surface area contributed by atoms with Crippen LogP contribution in [0.1, 0.15) is 33.4 Å². The van der Waals surface area contributed by atoms with Crippen LogP contribution < -0.4 is 0 Å². The van der Waals surface area contributed by atoms with Gasteiger partial charge in [-0.3, -0.25) is 0 Å². The molecule has 0 saturated carbocycles. The van der Waals surface area contributed by atoms with Crippen molar-refractivity contribution >= 4 is 0 Å². The first-order valence-corrected chi connectivity index (χ1v) is 22.6. The van der Waals surface area contributed by atoms with Gasteiger partial charge in [-0.15, -0.1) is 0 Å². The number of hydrogen-bond acceptors (Lipinski definition) is 11. The third-order valence-electron chi connectivity index (χ3n) is 11.7. The third kappa shape index (κ3) is 13.5. The Kier molecular flexibility index (Phi) is 18.0. The summed E-state index contributed by atoms with van der Waals surface area (Å²) in [4.78, 5) is 0. The molecular formula is C55H60O11. The first-order valence-electron chi connectivity index (χ1n) is 22.6. The molecule has 11 nitrogen and oxygen atoms in total. The molecule has 0 radical (unpaired) electrons. The van der Waals surface area contributed by atoms with E-state index in [0.29, 0.717) is 13.2 Å². The number of hydrogen-bond donors (Lipinski definition) is 1. The molecule has 6 aromatic carbocycles. The van der Waals surface area contributed by atoms with Crippen LogP contribution in [-0.2, 0) is 87.0 Å². The standard InChI is InChI=1S/C55H60O11/c1-57-55-53(63-37-45-30-18-7-19-31-45)52(62-36-44-28-16-6-17-29-44)50(60-34-42-24-12-4-13-25-42)47(66-55)39-64-54-48(56)51(61-35-43-26-14-5-15-27-43)49(59-33-41-22-10-3-11-23-41)46(65-54)38-58-32-40-20-8-2-9-21-40/h2-31,46-56H,32-39H2,1H3/t46-,47-,48+,49-,50-,51-,52+,53-,54+,55+/m1/s1. The molecule has 0 aliphatic carbocycles. The number of benzene rings is 6. The van der Waals surface area contributed by atoms with Crippen LogP contribution in [0.15, 0.2) is 182 Å². The second-order valence-electron chi connectivity index (χ2n) is 16.5. The van der Waals surface area contributed by atoms with Gasteiger partial charge in [-0.05, 0) is 33.4 Å². The summed E-state index contributed by atoms with van der Waals surface area (Å²) in [7, 11) is 1.58. The Morgan fingerprint density at radius 2 is 0.667 bits per heavy atom. The Morgan fingerprint density at radius 1 is 0.348 bits per heavy atom. The topological polar surface area (TPSA) is 113 Å². The minimum atomic E-state index is -1.28. The summed E-state index contributed by atoms with van der Waals surface area (Å²) in [5.41, 5.74) is 5.87. The van der Waals surface area contributed by atoms with Crippen LogP contribution in [0.4, 0.5) is 0 Å². The largest absolute Gasteiger partial charge is 0.385 e. The van der Waals surface area contributed by atoms with Gasteiger partial charge < -0.3 is 52.5 Å². The first kappa shape index (κ1) is 47.4. The van der Waals surface area contributed by atoms with Crippen molar-refractivity contribution in [2.75, 3.05) is 20.3 Å². The van der Waals surface area contributed by atoms with Crippen molar-refractivity contribution in [3.05, 3.63) is 215 Å². The summed E-state index contributed by atoms with van der Waals surface area (Å²) in [6.45, 7) is 1.74. The Labute approximate surface area is 388 Å². The van der Waals surface area contributed by atoms with Crippen molar-refractivity contribution in [3.8, 4) is 0 Å². The van der Waals surface area contributed by atoms with Crippen LogP contribution >= 0.6 is 0 Å². The Bertz CT molecular complexity index is 2220. The zero-order chi connectivity index (χ0) is 45.2. The van der Waals surface area contributed by atoms with Gasteiger partial charge in [-0.25, -0.2) is 0 Å². The van der Waals surface area contributed by atoms with Crippen molar-refractivity contribution in [3.63, 3.8) is 0 Å². The average Bonchev–Trinajstić information content (AvgIpc) is 3.37. The SMILES string of the molecule is CO[C@H]1O[C@H](CO[C@H]2O[C@H](COCc3ccccc3)[C@@H](OCc3ccccc3)[C@H](OCc3ccccc3)[C@@H]2O)[C@@H](OCc2ccccc2)[C@H](OCc2ccccc2)[C@H]1OCc1ccccc1. The molecule has 2 aliphatic rings. The molecule has 346 valence electrons. The minimum Gasteiger partial charge on any atom is -0.385 e. The Hall–Kier alpha value is -5.12. The highest BCUT2D eigenvalue weighted by Crippen LogP contribution is 2.34. The summed E-state index contributed by atoms with van der Waals surface area (Å²) in [6, 6.07) is 59.5. The van der Waals surface area contributed by atoms with Crippen molar-refractivity contribution in [1.82, 2.24) is 0 Å². The van der Waals surface area contributed by atoms with E-state index in [2.05, 4.69) is 0 Å². The van der Waals surface area contributed by atoms with Gasteiger partial charge in [0.05, 0.1) is 52.9 Å². The molecule has 11 heteroatoms. The van der Waals surface area contributed by atoms with Gasteiger partial charge in [0.25, 0.3) is 0 Å². The number of methoxy groups -OCH3 is 1. The van der Waals surface area contributed by atoms with E-state index in [9.17, 15) is 5.11 Å². The maximum absolute atomic E-state index is 12.3. The molecule has 66 heavy (non-hydrogen) atoms. The van der Waals surface area contributed by atoms with Crippen molar-refractivity contribution in [2.45, 2.75) is 101 Å².